The fraction of sp³-hybridized carbons (Fsp3) is 0.533. The van der Waals surface area contributed by atoms with Crippen molar-refractivity contribution in [1.82, 2.24) is 4.90 Å². The van der Waals surface area contributed by atoms with Crippen molar-refractivity contribution in [3.8, 4) is 0 Å². The van der Waals surface area contributed by atoms with E-state index in [0.29, 0.717) is 19.5 Å². The van der Waals surface area contributed by atoms with Gasteiger partial charge in [0.25, 0.3) is 0 Å². The van der Waals surface area contributed by atoms with Crippen LogP contribution >= 0.6 is 0 Å². The number of hydrogen-bond acceptors (Lipinski definition) is 3. The SMILES string of the molecule is C=CCC(C(=O)OC(C)(C)C)N(CC=C)CC=C. The molecule has 0 bridgehead atoms. The summed E-state index contributed by atoms with van der Waals surface area (Å²) in [4.78, 5) is 14.1. The van der Waals surface area contributed by atoms with Crippen molar-refractivity contribution in [1.29, 1.82) is 0 Å². The highest BCUT2D eigenvalue weighted by molar-refractivity contribution is 5.76. The van der Waals surface area contributed by atoms with E-state index in [1.54, 1.807) is 18.2 Å². The van der Waals surface area contributed by atoms with Gasteiger partial charge in [0.1, 0.15) is 11.6 Å². The predicted octanol–water partition coefficient (Wildman–Crippen LogP) is 2.95. The van der Waals surface area contributed by atoms with Gasteiger partial charge in [-0.25, -0.2) is 0 Å². The van der Waals surface area contributed by atoms with Crippen molar-refractivity contribution in [2.45, 2.75) is 38.8 Å². The highest BCUT2D eigenvalue weighted by Crippen LogP contribution is 2.14. The number of carbonyl (C=O) groups excluding carboxylic acids is 1. The molecule has 1 atom stereocenters. The highest BCUT2D eigenvalue weighted by atomic mass is 16.6. The Morgan fingerprint density at radius 2 is 1.67 bits per heavy atom. The Balaban J connectivity index is 4.88. The zero-order valence-electron chi connectivity index (χ0n) is 11.8. The second-order valence-corrected chi connectivity index (χ2v) is 5.10. The Morgan fingerprint density at radius 1 is 1.17 bits per heavy atom. The molecule has 18 heavy (non-hydrogen) atoms. The minimum absolute atomic E-state index is 0.230. The molecule has 3 nitrogen and oxygen atoms in total. The van der Waals surface area contributed by atoms with Crippen molar-refractivity contribution < 1.29 is 9.53 Å². The topological polar surface area (TPSA) is 29.5 Å². The molecule has 0 rings (SSSR count). The quantitative estimate of drug-likeness (QED) is 0.490. The van der Waals surface area contributed by atoms with Crippen molar-refractivity contribution in [3.05, 3.63) is 38.0 Å². The predicted molar refractivity (Wildman–Crippen MR) is 76.4 cm³/mol. The fourth-order valence-electron chi connectivity index (χ4n) is 1.58. The first-order chi connectivity index (χ1) is 8.35. The van der Waals surface area contributed by atoms with Crippen LogP contribution < -0.4 is 0 Å². The summed E-state index contributed by atoms with van der Waals surface area (Å²) in [6, 6.07) is -0.335. The molecular formula is C15H25NO2. The molecule has 0 saturated heterocycles. The van der Waals surface area contributed by atoms with Gasteiger partial charge in [0.2, 0.25) is 0 Å². The molecule has 0 fully saturated rings. The Labute approximate surface area is 111 Å². The van der Waals surface area contributed by atoms with E-state index in [9.17, 15) is 4.79 Å². The molecule has 0 heterocycles. The third-order valence-electron chi connectivity index (χ3n) is 2.24. The first-order valence-corrected chi connectivity index (χ1v) is 6.15. The first-order valence-electron chi connectivity index (χ1n) is 6.15. The number of hydrogen-bond donors (Lipinski definition) is 0. The lowest BCUT2D eigenvalue weighted by Gasteiger charge is -2.30. The monoisotopic (exact) mass is 251 g/mol. The lowest BCUT2D eigenvalue weighted by Crippen LogP contribution is -2.44. The van der Waals surface area contributed by atoms with Crippen LogP contribution in [0.15, 0.2) is 38.0 Å². The van der Waals surface area contributed by atoms with Gasteiger partial charge >= 0.3 is 5.97 Å². The highest BCUT2D eigenvalue weighted by Gasteiger charge is 2.28. The van der Waals surface area contributed by atoms with Gasteiger partial charge in [0.05, 0.1) is 0 Å². The maximum absolute atomic E-state index is 12.2. The minimum Gasteiger partial charge on any atom is -0.459 e. The van der Waals surface area contributed by atoms with Crippen LogP contribution in [-0.2, 0) is 9.53 Å². The smallest absolute Gasteiger partial charge is 0.324 e. The van der Waals surface area contributed by atoms with Gasteiger partial charge in [0, 0.05) is 13.1 Å². The molecule has 1 unspecified atom stereocenters. The fourth-order valence-corrected chi connectivity index (χ4v) is 1.58. The van der Waals surface area contributed by atoms with Gasteiger partial charge in [0.15, 0.2) is 0 Å². The second kappa shape index (κ2) is 7.88. The van der Waals surface area contributed by atoms with Gasteiger partial charge in [-0.1, -0.05) is 18.2 Å². The Bertz CT molecular complexity index is 292. The number of rotatable bonds is 8. The van der Waals surface area contributed by atoms with Crippen LogP contribution in [0.25, 0.3) is 0 Å². The molecule has 0 aliphatic heterocycles. The van der Waals surface area contributed by atoms with Crippen LogP contribution in [0, 0.1) is 0 Å². The second-order valence-electron chi connectivity index (χ2n) is 5.10. The van der Waals surface area contributed by atoms with Crippen LogP contribution in [0.4, 0.5) is 0 Å². The largest absolute Gasteiger partial charge is 0.459 e. The van der Waals surface area contributed by atoms with Gasteiger partial charge in [-0.3, -0.25) is 9.69 Å². The molecule has 0 aromatic rings. The molecule has 0 saturated carbocycles. The van der Waals surface area contributed by atoms with Crippen LogP contribution in [-0.4, -0.2) is 35.6 Å². The lowest BCUT2D eigenvalue weighted by atomic mass is 10.1. The average Bonchev–Trinajstić information content (AvgIpc) is 2.23. The van der Waals surface area contributed by atoms with Crippen LogP contribution in [0.2, 0.25) is 0 Å². The maximum Gasteiger partial charge on any atom is 0.324 e. The zero-order valence-corrected chi connectivity index (χ0v) is 11.8. The van der Waals surface area contributed by atoms with E-state index in [0.717, 1.165) is 0 Å². The summed E-state index contributed by atoms with van der Waals surface area (Å²) in [7, 11) is 0. The van der Waals surface area contributed by atoms with Crippen molar-refractivity contribution in [3.63, 3.8) is 0 Å². The first kappa shape index (κ1) is 16.6. The molecule has 0 spiro atoms. The van der Waals surface area contributed by atoms with Crippen LogP contribution in [0.3, 0.4) is 0 Å². The minimum atomic E-state index is -0.482. The van der Waals surface area contributed by atoms with Gasteiger partial charge < -0.3 is 4.74 Å². The summed E-state index contributed by atoms with van der Waals surface area (Å²) in [6.45, 7) is 17.9. The molecule has 0 aliphatic carbocycles. The van der Waals surface area contributed by atoms with Crippen molar-refractivity contribution in [2.24, 2.45) is 0 Å². The Morgan fingerprint density at radius 3 is 2.00 bits per heavy atom. The molecule has 0 aromatic heterocycles. The van der Waals surface area contributed by atoms with Crippen molar-refractivity contribution >= 4 is 5.97 Å². The lowest BCUT2D eigenvalue weighted by molar-refractivity contribution is -0.161. The number of carbonyl (C=O) groups is 1. The van der Waals surface area contributed by atoms with E-state index < -0.39 is 5.60 Å². The summed E-state index contributed by atoms with van der Waals surface area (Å²) in [6.07, 6.45) is 5.82. The van der Waals surface area contributed by atoms with Crippen LogP contribution in [0.1, 0.15) is 27.2 Å². The number of esters is 1. The van der Waals surface area contributed by atoms with Crippen molar-refractivity contribution in [2.75, 3.05) is 13.1 Å². The van der Waals surface area contributed by atoms with E-state index in [1.807, 2.05) is 25.7 Å². The number of ether oxygens (including phenoxy) is 1. The van der Waals surface area contributed by atoms with Gasteiger partial charge in [-0.2, -0.15) is 0 Å². The molecule has 0 aromatic carbocycles. The third-order valence-corrected chi connectivity index (χ3v) is 2.24. The number of nitrogens with zero attached hydrogens (tertiary/aromatic N) is 1. The molecule has 0 N–H and O–H groups in total. The van der Waals surface area contributed by atoms with E-state index in [4.69, 9.17) is 4.74 Å². The summed E-state index contributed by atoms with van der Waals surface area (Å²) < 4.78 is 5.43. The molecule has 102 valence electrons. The average molecular weight is 251 g/mol. The molecule has 3 heteroatoms. The van der Waals surface area contributed by atoms with E-state index >= 15 is 0 Å². The maximum atomic E-state index is 12.2. The summed E-state index contributed by atoms with van der Waals surface area (Å²) >= 11 is 0. The van der Waals surface area contributed by atoms with Gasteiger partial charge in [-0.05, 0) is 27.2 Å². The molecule has 0 aliphatic rings. The molecule has 0 radical (unpaired) electrons. The normalized spacial score (nSPS) is 12.9. The van der Waals surface area contributed by atoms with E-state index in [2.05, 4.69) is 19.7 Å². The molecular weight excluding hydrogens is 226 g/mol. The Hall–Kier alpha value is -1.35. The molecule has 0 amide bonds. The van der Waals surface area contributed by atoms with Crippen LogP contribution in [0.5, 0.6) is 0 Å². The van der Waals surface area contributed by atoms with E-state index in [-0.39, 0.29) is 12.0 Å². The standard InChI is InChI=1S/C15H25NO2/c1-7-10-13(14(17)18-15(4,5)6)16(11-8-2)12-9-3/h7-9,13H,1-3,10-12H2,4-6H3. The Kier molecular flexibility index (Phi) is 7.29. The summed E-state index contributed by atoms with van der Waals surface area (Å²) in [5, 5.41) is 0. The van der Waals surface area contributed by atoms with Gasteiger partial charge in [-0.15, -0.1) is 19.7 Å². The zero-order chi connectivity index (χ0) is 14.2. The van der Waals surface area contributed by atoms with E-state index in [1.165, 1.54) is 0 Å². The third kappa shape index (κ3) is 6.40. The summed E-state index contributed by atoms with van der Waals surface area (Å²) in [5.41, 5.74) is -0.482. The summed E-state index contributed by atoms with van der Waals surface area (Å²) in [5.74, 6) is -0.230.